The topological polar surface area (TPSA) is 41.6 Å². The van der Waals surface area contributed by atoms with Gasteiger partial charge in [-0.15, -0.1) is 0 Å². The summed E-state index contributed by atoms with van der Waals surface area (Å²) in [4.78, 5) is 15.2. The lowest BCUT2D eigenvalue weighted by molar-refractivity contribution is -0.134. The molecule has 1 N–H and O–H groups in total. The molecule has 1 aliphatic rings. The normalized spacial score (nSPS) is 14.7. The van der Waals surface area contributed by atoms with Gasteiger partial charge in [0.25, 0.3) is 0 Å². The first-order chi connectivity index (χ1) is 13.3. The van der Waals surface area contributed by atoms with Crippen LogP contribution in [0.2, 0.25) is 0 Å². The number of nitrogens with one attached hydrogen (secondary N) is 1. The molecule has 27 heavy (non-hydrogen) atoms. The van der Waals surface area contributed by atoms with E-state index in [1.54, 1.807) is 7.11 Å². The summed E-state index contributed by atoms with van der Waals surface area (Å²) >= 11 is 0. The van der Waals surface area contributed by atoms with E-state index in [2.05, 4.69) is 34.5 Å². The maximum atomic E-state index is 13.0. The number of carbonyl (C=O) groups excluding carboxylic acids is 1. The zero-order valence-electron chi connectivity index (χ0n) is 16.2. The molecule has 0 radical (unpaired) electrons. The second-order valence-electron chi connectivity index (χ2n) is 7.15. The third-order valence-electron chi connectivity index (χ3n) is 5.34. The fraction of sp³-hybridized carbons (Fsp3) is 0.435. The van der Waals surface area contributed by atoms with E-state index in [0.717, 1.165) is 51.1 Å². The predicted molar refractivity (Wildman–Crippen MR) is 109 cm³/mol. The fourth-order valence-electron chi connectivity index (χ4n) is 3.71. The van der Waals surface area contributed by atoms with Crippen LogP contribution in [-0.4, -0.2) is 43.6 Å². The molecule has 3 rings (SSSR count). The minimum absolute atomic E-state index is 0.272. The van der Waals surface area contributed by atoms with Gasteiger partial charge in [-0.2, -0.15) is 0 Å². The van der Waals surface area contributed by atoms with Gasteiger partial charge in [0.1, 0.15) is 5.75 Å². The van der Waals surface area contributed by atoms with Gasteiger partial charge in [0, 0.05) is 19.0 Å². The Kier molecular flexibility index (Phi) is 7.28. The van der Waals surface area contributed by atoms with Gasteiger partial charge in [-0.05, 0) is 62.0 Å². The monoisotopic (exact) mass is 366 g/mol. The number of rotatable bonds is 8. The summed E-state index contributed by atoms with van der Waals surface area (Å²) in [5.74, 6) is 1.12. The molecule has 2 aromatic rings. The highest BCUT2D eigenvalue weighted by molar-refractivity contribution is 5.77. The first-order valence-corrected chi connectivity index (χ1v) is 9.93. The van der Waals surface area contributed by atoms with Gasteiger partial charge in [0.15, 0.2) is 0 Å². The number of hydrogen-bond donors (Lipinski definition) is 1. The molecule has 0 unspecified atom stereocenters. The van der Waals surface area contributed by atoms with Crippen LogP contribution in [0.3, 0.4) is 0 Å². The molecule has 1 aliphatic heterocycles. The third kappa shape index (κ3) is 5.83. The summed E-state index contributed by atoms with van der Waals surface area (Å²) in [5, 5.41) is 3.40. The smallest absolute Gasteiger partial charge is 0.223 e. The van der Waals surface area contributed by atoms with Gasteiger partial charge in [0.05, 0.1) is 7.11 Å². The average Bonchev–Trinajstić information content (AvgIpc) is 2.74. The zero-order valence-corrected chi connectivity index (χ0v) is 16.2. The molecule has 0 aromatic heterocycles. The molecular formula is C23H30N2O2. The molecule has 144 valence electrons. The number of amides is 1. The predicted octanol–water partition coefficient (Wildman–Crippen LogP) is 3.45. The maximum absolute atomic E-state index is 13.0. The zero-order chi connectivity index (χ0) is 18.9. The third-order valence-corrected chi connectivity index (χ3v) is 5.34. The lowest BCUT2D eigenvalue weighted by Gasteiger charge is -2.35. The highest BCUT2D eigenvalue weighted by Crippen LogP contribution is 2.17. The first kappa shape index (κ1) is 19.4. The van der Waals surface area contributed by atoms with Crippen LogP contribution in [0.1, 0.15) is 30.4 Å². The van der Waals surface area contributed by atoms with Gasteiger partial charge in [-0.3, -0.25) is 4.79 Å². The number of piperidine rings is 1. The van der Waals surface area contributed by atoms with Crippen LogP contribution < -0.4 is 10.1 Å². The van der Waals surface area contributed by atoms with Crippen molar-refractivity contribution >= 4 is 5.91 Å². The molecule has 0 atom stereocenters. The quantitative estimate of drug-likeness (QED) is 0.778. The van der Waals surface area contributed by atoms with E-state index in [4.69, 9.17) is 4.74 Å². The number of hydrogen-bond acceptors (Lipinski definition) is 3. The van der Waals surface area contributed by atoms with Gasteiger partial charge >= 0.3 is 0 Å². The Balaban J connectivity index is 1.60. The largest absolute Gasteiger partial charge is 0.497 e. The first-order valence-electron chi connectivity index (χ1n) is 9.93. The van der Waals surface area contributed by atoms with Crippen molar-refractivity contribution in [1.29, 1.82) is 0 Å². The average molecular weight is 367 g/mol. The highest BCUT2D eigenvalue weighted by Gasteiger charge is 2.24. The molecule has 4 heteroatoms. The summed E-state index contributed by atoms with van der Waals surface area (Å²) in [6.45, 7) is 2.80. The summed E-state index contributed by atoms with van der Waals surface area (Å²) in [7, 11) is 1.67. The maximum Gasteiger partial charge on any atom is 0.223 e. The molecule has 0 bridgehead atoms. The molecule has 1 saturated heterocycles. The van der Waals surface area contributed by atoms with E-state index >= 15 is 0 Å². The molecule has 1 amide bonds. The Hall–Kier alpha value is -2.33. The van der Waals surface area contributed by atoms with E-state index in [-0.39, 0.29) is 5.91 Å². The molecular weight excluding hydrogens is 336 g/mol. The molecule has 0 spiro atoms. The van der Waals surface area contributed by atoms with E-state index in [0.29, 0.717) is 12.5 Å². The van der Waals surface area contributed by atoms with Gasteiger partial charge in [-0.25, -0.2) is 0 Å². The van der Waals surface area contributed by atoms with Gasteiger partial charge in [0.2, 0.25) is 5.91 Å². The second-order valence-corrected chi connectivity index (χ2v) is 7.15. The van der Waals surface area contributed by atoms with Crippen LogP contribution in [0.25, 0.3) is 0 Å². The van der Waals surface area contributed by atoms with E-state index in [9.17, 15) is 4.79 Å². The summed E-state index contributed by atoms with van der Waals surface area (Å²) in [6.07, 6.45) is 4.34. The Morgan fingerprint density at radius 1 is 1.00 bits per heavy atom. The molecule has 0 saturated carbocycles. The Morgan fingerprint density at radius 2 is 1.67 bits per heavy atom. The lowest BCUT2D eigenvalue weighted by Crippen LogP contribution is -2.47. The number of carbonyl (C=O) groups is 1. The minimum Gasteiger partial charge on any atom is -0.497 e. The molecule has 1 fully saturated rings. The Labute approximate surface area is 162 Å². The van der Waals surface area contributed by atoms with E-state index in [1.807, 2.05) is 30.3 Å². The van der Waals surface area contributed by atoms with Crippen molar-refractivity contribution in [2.75, 3.05) is 26.7 Å². The molecule has 2 aromatic carbocycles. The van der Waals surface area contributed by atoms with Crippen molar-refractivity contribution in [3.05, 3.63) is 65.7 Å². The lowest BCUT2D eigenvalue weighted by atomic mass is 10.0. The van der Waals surface area contributed by atoms with Crippen molar-refractivity contribution in [2.45, 2.75) is 38.1 Å². The fourth-order valence-corrected chi connectivity index (χ4v) is 3.71. The standard InChI is InChI=1S/C23H30N2O2/c1-27-22-10-7-20(8-11-22)9-12-23(26)25(21-13-16-24-17-14-21)18-15-19-5-3-2-4-6-19/h2-8,10-11,21,24H,9,12-18H2,1H3. The van der Waals surface area contributed by atoms with Crippen molar-refractivity contribution in [1.82, 2.24) is 10.2 Å². The number of benzene rings is 2. The van der Waals surface area contributed by atoms with Crippen LogP contribution in [0.5, 0.6) is 5.75 Å². The molecule has 1 heterocycles. The molecule has 0 aliphatic carbocycles. The summed E-state index contributed by atoms with van der Waals surface area (Å²) in [6, 6.07) is 18.8. The van der Waals surface area contributed by atoms with E-state index in [1.165, 1.54) is 11.1 Å². The van der Waals surface area contributed by atoms with Crippen molar-refractivity contribution in [2.24, 2.45) is 0 Å². The number of aryl methyl sites for hydroxylation is 1. The molecule has 4 nitrogen and oxygen atoms in total. The number of nitrogens with zero attached hydrogens (tertiary/aromatic N) is 1. The van der Waals surface area contributed by atoms with E-state index < -0.39 is 0 Å². The van der Waals surface area contributed by atoms with Crippen molar-refractivity contribution in [3.8, 4) is 5.75 Å². The van der Waals surface area contributed by atoms with Crippen molar-refractivity contribution < 1.29 is 9.53 Å². The van der Waals surface area contributed by atoms with Crippen LogP contribution in [0.4, 0.5) is 0 Å². The summed E-state index contributed by atoms with van der Waals surface area (Å²) in [5.41, 5.74) is 2.47. The second kappa shape index (κ2) is 10.1. The summed E-state index contributed by atoms with van der Waals surface area (Å²) < 4.78 is 5.21. The van der Waals surface area contributed by atoms with Crippen molar-refractivity contribution in [3.63, 3.8) is 0 Å². The minimum atomic E-state index is 0.272. The van der Waals surface area contributed by atoms with Crippen LogP contribution >= 0.6 is 0 Å². The Bertz CT molecular complexity index is 694. The SMILES string of the molecule is COc1ccc(CCC(=O)N(CCc2ccccc2)C2CCNCC2)cc1. The Morgan fingerprint density at radius 3 is 2.33 bits per heavy atom. The number of ether oxygens (including phenoxy) is 1. The highest BCUT2D eigenvalue weighted by atomic mass is 16.5. The van der Waals surface area contributed by atoms with Crippen LogP contribution in [0.15, 0.2) is 54.6 Å². The van der Waals surface area contributed by atoms with Crippen LogP contribution in [-0.2, 0) is 17.6 Å². The van der Waals surface area contributed by atoms with Gasteiger partial charge < -0.3 is 15.0 Å². The van der Waals surface area contributed by atoms with Crippen LogP contribution in [0, 0.1) is 0 Å². The number of methoxy groups -OCH3 is 1. The van der Waals surface area contributed by atoms with Gasteiger partial charge in [-0.1, -0.05) is 42.5 Å².